The van der Waals surface area contributed by atoms with E-state index in [1.54, 1.807) is 37.5 Å². The van der Waals surface area contributed by atoms with Gasteiger partial charge in [0, 0.05) is 14.8 Å². The molecular weight excluding hydrogens is 517 g/mol. The van der Waals surface area contributed by atoms with Gasteiger partial charge in [0.25, 0.3) is 11.5 Å². The Labute approximate surface area is 197 Å². The number of hydrogen-bond donors (Lipinski definition) is 1. The lowest BCUT2D eigenvalue weighted by molar-refractivity contribution is -0.110. The second-order valence-electron chi connectivity index (χ2n) is 7.53. The number of nitrogens with zero attached hydrogens (tertiary/aromatic N) is 2. The minimum Gasteiger partial charge on any atom is -0.497 e. The lowest BCUT2D eigenvalue weighted by Crippen LogP contribution is -2.22. The Morgan fingerprint density at radius 3 is 2.56 bits per heavy atom. The second-order valence-corrected chi connectivity index (χ2v) is 8.78. The molecule has 1 N–H and O–H groups in total. The molecule has 1 amide bonds. The highest BCUT2D eigenvalue weighted by molar-refractivity contribution is 14.1. The fraction of sp³-hybridized carbons (Fsp3) is 0.0800. The maximum Gasteiger partial charge on any atom is 0.266 e. The first-order chi connectivity index (χ1) is 15.4. The van der Waals surface area contributed by atoms with Gasteiger partial charge < -0.3 is 10.1 Å². The predicted octanol–water partition coefficient (Wildman–Crippen LogP) is 4.80. The number of ether oxygens (including phenoxy) is 1. The molecule has 0 saturated heterocycles. The standard InChI is InChI=1S/C25H18IN3O3/c1-14-3-9-21-18(11-14)19(24(30)28-21)13-23-27-22-10-4-15(26)12-20(22)25(31)29(23)16-5-7-17(32-2)8-6-16/h3-13H,1-2H3,(H,28,30). The summed E-state index contributed by atoms with van der Waals surface area (Å²) >= 11 is 2.18. The molecule has 0 aliphatic carbocycles. The van der Waals surface area contributed by atoms with Crippen molar-refractivity contribution in [3.05, 3.63) is 91.5 Å². The summed E-state index contributed by atoms with van der Waals surface area (Å²) in [5, 5.41) is 3.40. The molecule has 0 bridgehead atoms. The van der Waals surface area contributed by atoms with E-state index in [4.69, 9.17) is 9.72 Å². The molecule has 158 valence electrons. The topological polar surface area (TPSA) is 73.2 Å². The lowest BCUT2D eigenvalue weighted by Gasteiger charge is -2.13. The Hall–Kier alpha value is -3.46. The van der Waals surface area contributed by atoms with Crippen molar-refractivity contribution in [3.63, 3.8) is 0 Å². The Balaban J connectivity index is 1.80. The number of aryl methyl sites for hydroxylation is 1. The van der Waals surface area contributed by atoms with Crippen LogP contribution in [0.2, 0.25) is 0 Å². The van der Waals surface area contributed by atoms with Crippen LogP contribution in [0, 0.1) is 10.5 Å². The van der Waals surface area contributed by atoms with Crippen LogP contribution in [-0.4, -0.2) is 22.6 Å². The minimum absolute atomic E-state index is 0.201. The third kappa shape index (κ3) is 3.48. The molecule has 32 heavy (non-hydrogen) atoms. The summed E-state index contributed by atoms with van der Waals surface area (Å²) in [6, 6.07) is 18.5. The molecule has 0 saturated carbocycles. The van der Waals surface area contributed by atoms with Crippen molar-refractivity contribution < 1.29 is 9.53 Å². The smallest absolute Gasteiger partial charge is 0.266 e. The van der Waals surface area contributed by atoms with Crippen LogP contribution in [0.3, 0.4) is 0 Å². The number of carbonyl (C=O) groups excluding carboxylic acids is 1. The summed E-state index contributed by atoms with van der Waals surface area (Å²) in [6.07, 6.45) is 1.68. The van der Waals surface area contributed by atoms with Crippen LogP contribution >= 0.6 is 22.6 Å². The minimum atomic E-state index is -0.219. The van der Waals surface area contributed by atoms with Crippen LogP contribution in [0.5, 0.6) is 5.75 Å². The summed E-state index contributed by atoms with van der Waals surface area (Å²) in [6.45, 7) is 1.98. The van der Waals surface area contributed by atoms with Gasteiger partial charge in [-0.3, -0.25) is 14.2 Å². The van der Waals surface area contributed by atoms with Crippen molar-refractivity contribution in [2.45, 2.75) is 6.92 Å². The fourth-order valence-electron chi connectivity index (χ4n) is 3.83. The molecule has 0 fully saturated rings. The van der Waals surface area contributed by atoms with Gasteiger partial charge >= 0.3 is 0 Å². The normalized spacial score (nSPS) is 14.0. The maximum atomic E-state index is 13.6. The molecule has 0 atom stereocenters. The SMILES string of the molecule is COc1ccc(-n2c(C=C3C(=O)Nc4ccc(C)cc43)nc3ccc(I)cc3c2=O)cc1. The maximum absolute atomic E-state index is 13.6. The molecule has 0 unspecified atom stereocenters. The first-order valence-electron chi connectivity index (χ1n) is 9.95. The number of aromatic nitrogens is 2. The average Bonchev–Trinajstić information content (AvgIpc) is 3.09. The van der Waals surface area contributed by atoms with Crippen LogP contribution in [0.25, 0.3) is 28.2 Å². The van der Waals surface area contributed by atoms with Crippen molar-refractivity contribution in [1.29, 1.82) is 0 Å². The Morgan fingerprint density at radius 2 is 1.81 bits per heavy atom. The van der Waals surface area contributed by atoms with E-state index >= 15 is 0 Å². The largest absolute Gasteiger partial charge is 0.497 e. The van der Waals surface area contributed by atoms with Crippen LogP contribution in [0.15, 0.2) is 65.5 Å². The van der Waals surface area contributed by atoms with Crippen LogP contribution in [0.4, 0.5) is 5.69 Å². The van der Waals surface area contributed by atoms with Gasteiger partial charge in [0.15, 0.2) is 0 Å². The van der Waals surface area contributed by atoms with E-state index in [0.717, 1.165) is 20.4 Å². The molecule has 1 aromatic heterocycles. The number of halogens is 1. The zero-order chi connectivity index (χ0) is 22.4. The summed E-state index contributed by atoms with van der Waals surface area (Å²) in [5.41, 5.74) is 4.08. The van der Waals surface area contributed by atoms with Crippen LogP contribution < -0.4 is 15.6 Å². The average molecular weight is 535 g/mol. The van der Waals surface area contributed by atoms with Crippen LogP contribution in [-0.2, 0) is 4.79 Å². The number of amides is 1. The number of hydrogen-bond acceptors (Lipinski definition) is 4. The van der Waals surface area contributed by atoms with Crippen LogP contribution in [0.1, 0.15) is 17.0 Å². The van der Waals surface area contributed by atoms with Gasteiger partial charge in [-0.05, 0) is 90.2 Å². The molecule has 0 radical (unpaired) electrons. The van der Waals surface area contributed by atoms with E-state index in [-0.39, 0.29) is 11.5 Å². The summed E-state index contributed by atoms with van der Waals surface area (Å²) in [5.74, 6) is 0.849. The third-order valence-corrected chi connectivity index (χ3v) is 6.09. The number of anilines is 1. The highest BCUT2D eigenvalue weighted by Crippen LogP contribution is 2.34. The fourth-order valence-corrected chi connectivity index (χ4v) is 4.32. The van der Waals surface area contributed by atoms with Crippen molar-refractivity contribution >= 4 is 56.7 Å². The van der Waals surface area contributed by atoms with Gasteiger partial charge in [-0.15, -0.1) is 0 Å². The van der Waals surface area contributed by atoms with Gasteiger partial charge in [0.05, 0.1) is 29.3 Å². The van der Waals surface area contributed by atoms with Gasteiger partial charge in [-0.25, -0.2) is 4.98 Å². The molecule has 1 aliphatic rings. The van der Waals surface area contributed by atoms with Crippen molar-refractivity contribution in [2.75, 3.05) is 12.4 Å². The van der Waals surface area contributed by atoms with E-state index in [2.05, 4.69) is 27.9 Å². The Kier molecular flexibility index (Phi) is 5.05. The molecule has 6 nitrogen and oxygen atoms in total. The van der Waals surface area contributed by atoms with E-state index < -0.39 is 0 Å². The third-order valence-electron chi connectivity index (χ3n) is 5.42. The number of methoxy groups -OCH3 is 1. The number of rotatable bonds is 3. The molecule has 5 rings (SSSR count). The van der Waals surface area contributed by atoms with E-state index in [9.17, 15) is 9.59 Å². The van der Waals surface area contributed by atoms with Crippen molar-refractivity contribution in [3.8, 4) is 11.4 Å². The highest BCUT2D eigenvalue weighted by atomic mass is 127. The zero-order valence-corrected chi connectivity index (χ0v) is 19.5. The molecular formula is C25H18IN3O3. The number of fused-ring (bicyclic) bond motifs is 2. The number of carbonyl (C=O) groups is 1. The van der Waals surface area contributed by atoms with E-state index in [0.29, 0.717) is 33.7 Å². The summed E-state index contributed by atoms with van der Waals surface area (Å²) < 4.78 is 7.73. The number of nitrogens with one attached hydrogen (secondary N) is 1. The molecule has 3 aromatic carbocycles. The highest BCUT2D eigenvalue weighted by Gasteiger charge is 2.25. The Bertz CT molecular complexity index is 1490. The zero-order valence-electron chi connectivity index (χ0n) is 17.3. The van der Waals surface area contributed by atoms with Gasteiger partial charge in [-0.1, -0.05) is 11.6 Å². The van der Waals surface area contributed by atoms with Gasteiger partial charge in [0.1, 0.15) is 11.6 Å². The van der Waals surface area contributed by atoms with Gasteiger partial charge in [-0.2, -0.15) is 0 Å². The van der Waals surface area contributed by atoms with Gasteiger partial charge in [0.2, 0.25) is 0 Å². The predicted molar refractivity (Wildman–Crippen MR) is 134 cm³/mol. The monoisotopic (exact) mass is 535 g/mol. The summed E-state index contributed by atoms with van der Waals surface area (Å²) in [4.78, 5) is 31.1. The first kappa shape index (κ1) is 20.4. The Morgan fingerprint density at radius 1 is 1.03 bits per heavy atom. The second kappa shape index (κ2) is 7.90. The quantitative estimate of drug-likeness (QED) is 0.302. The molecule has 1 aliphatic heterocycles. The van der Waals surface area contributed by atoms with Crippen molar-refractivity contribution in [2.24, 2.45) is 0 Å². The molecule has 4 aromatic rings. The summed E-state index contributed by atoms with van der Waals surface area (Å²) in [7, 11) is 1.59. The van der Waals surface area contributed by atoms with E-state index in [1.165, 1.54) is 4.57 Å². The van der Waals surface area contributed by atoms with Crippen molar-refractivity contribution in [1.82, 2.24) is 9.55 Å². The molecule has 2 heterocycles. The molecule has 0 spiro atoms. The van der Waals surface area contributed by atoms with E-state index in [1.807, 2.05) is 43.3 Å². The lowest BCUT2D eigenvalue weighted by atomic mass is 10.0. The molecule has 7 heteroatoms. The number of benzene rings is 3. The first-order valence-corrected chi connectivity index (χ1v) is 11.0.